The van der Waals surface area contributed by atoms with E-state index in [1.54, 1.807) is 49.6 Å². The Kier molecular flexibility index (Phi) is 32.7. The molecule has 662 valence electrons. The SMILES string of the molecule is Clc1cncc(-c2cnc3ccccn23)n1.F[C@@H]1CCNC[C@H]1Nc1cncc(-c2cnc3ccccn23)n1.NN=N[C@@H]1CN(C(=O)OCc2ccccc2)CC[C@H]1F.N[C@@H]1CN(C(=O)OCc2ccccc2)CC[C@H]1F.O=C(OCc1ccccc1)N1CC[C@@H](F)[C@H](Nc2cncc(-c3cnc4ccccn34)n2)C1.c1ccc(P(c2ccccc2)c2ccccc2)cc1. The van der Waals surface area contributed by atoms with Crippen LogP contribution in [-0.2, 0) is 34.0 Å². The Morgan fingerprint density at radius 1 is 0.426 bits per heavy atom. The van der Waals surface area contributed by atoms with Crippen LogP contribution in [-0.4, -0.2) is 192 Å². The molecule has 0 saturated carbocycles. The monoisotopic (exact) mass is 1780 g/mol. The van der Waals surface area contributed by atoms with E-state index < -0.39 is 69.0 Å². The highest BCUT2D eigenvalue weighted by atomic mass is 35.5. The van der Waals surface area contributed by atoms with E-state index in [2.05, 4.69) is 162 Å². The summed E-state index contributed by atoms with van der Waals surface area (Å²) in [6.45, 7) is 3.41. The van der Waals surface area contributed by atoms with Crippen LogP contribution in [0.1, 0.15) is 42.4 Å². The van der Waals surface area contributed by atoms with Crippen molar-refractivity contribution in [2.75, 3.05) is 63.0 Å². The van der Waals surface area contributed by atoms with E-state index in [1.807, 2.05) is 177 Å². The van der Waals surface area contributed by atoms with Crippen LogP contribution in [0.4, 0.5) is 43.6 Å². The third kappa shape index (κ3) is 25.6. The molecule has 0 aliphatic carbocycles. The molecule has 6 aromatic carbocycles. The summed E-state index contributed by atoms with van der Waals surface area (Å²) in [7, 11) is -0.446. The normalized spacial score (nSPS) is 18.3. The molecule has 13 heterocycles. The van der Waals surface area contributed by atoms with Gasteiger partial charge < -0.3 is 56.4 Å². The van der Waals surface area contributed by atoms with E-state index in [4.69, 9.17) is 37.4 Å². The van der Waals surface area contributed by atoms with Crippen molar-refractivity contribution in [1.82, 2.24) is 78.1 Å². The van der Waals surface area contributed by atoms with Crippen LogP contribution in [0.15, 0.2) is 321 Å². The van der Waals surface area contributed by atoms with Crippen molar-refractivity contribution in [3.63, 3.8) is 0 Å². The molecular formula is C95H96ClF4N22O6P. The number of hydrogen-bond acceptors (Lipinski definition) is 21. The number of amides is 3. The summed E-state index contributed by atoms with van der Waals surface area (Å²) in [6, 6.07) is 75.7. The van der Waals surface area contributed by atoms with Gasteiger partial charge in [0.05, 0.1) is 97.5 Å². The van der Waals surface area contributed by atoms with E-state index in [0.29, 0.717) is 73.0 Å². The van der Waals surface area contributed by atoms with Crippen molar-refractivity contribution < 1.29 is 46.2 Å². The number of carbonyl (C=O) groups excluding carboxylic acids is 3. The Morgan fingerprint density at radius 2 is 0.791 bits per heavy atom. The fourth-order valence-corrected chi connectivity index (χ4v) is 17.0. The Labute approximate surface area is 748 Å². The van der Waals surface area contributed by atoms with Crippen molar-refractivity contribution in [2.24, 2.45) is 21.9 Å². The van der Waals surface area contributed by atoms with Gasteiger partial charge in [0.15, 0.2) is 0 Å². The van der Waals surface area contributed by atoms with E-state index in [-0.39, 0.29) is 64.8 Å². The lowest BCUT2D eigenvalue weighted by atomic mass is 10.0. The molecule has 0 bridgehead atoms. The van der Waals surface area contributed by atoms with Gasteiger partial charge in [0.2, 0.25) is 0 Å². The number of rotatable bonds is 17. The number of fused-ring (bicyclic) bond motifs is 3. The average molecular weight is 1780 g/mol. The Bertz CT molecular complexity index is 5970. The number of nitrogens with two attached hydrogens (primary N) is 2. The fraction of sp³-hybridized carbons (Fsp3) is 0.242. The molecule has 4 aliphatic rings. The minimum Gasteiger partial charge on any atom is -0.445 e. The summed E-state index contributed by atoms with van der Waals surface area (Å²) in [5, 5.41) is 20.7. The number of pyridine rings is 3. The topological polar surface area (TPSA) is 331 Å². The van der Waals surface area contributed by atoms with Crippen molar-refractivity contribution in [3.05, 3.63) is 333 Å². The molecule has 4 saturated heterocycles. The number of nitrogens with zero attached hydrogens (tertiary/aromatic N) is 17. The third-order valence-corrected chi connectivity index (χ3v) is 23.8. The second-order valence-electron chi connectivity index (χ2n) is 30.2. The molecule has 4 fully saturated rings. The van der Waals surface area contributed by atoms with E-state index in [1.165, 1.54) is 36.8 Å². The van der Waals surface area contributed by atoms with Crippen LogP contribution in [0.25, 0.3) is 51.1 Å². The van der Waals surface area contributed by atoms with Gasteiger partial charge in [-0.1, -0.05) is 217 Å². The molecule has 3 amide bonds. The lowest BCUT2D eigenvalue weighted by molar-refractivity contribution is 0.0691. The number of piperidine rings is 4. The number of likely N-dealkylation sites (tertiary alicyclic amines) is 3. The molecule has 19 rings (SSSR count). The van der Waals surface area contributed by atoms with Crippen LogP contribution >= 0.6 is 19.5 Å². The van der Waals surface area contributed by atoms with Gasteiger partial charge >= 0.3 is 18.3 Å². The highest BCUT2D eigenvalue weighted by Crippen LogP contribution is 2.33. The predicted molar refractivity (Wildman–Crippen MR) is 490 cm³/mol. The maximum absolute atomic E-state index is 14.7. The van der Waals surface area contributed by atoms with Crippen molar-refractivity contribution >= 4 is 82.3 Å². The Balaban J connectivity index is 0.000000127. The first-order valence-electron chi connectivity index (χ1n) is 42.0. The minimum absolute atomic E-state index is 0.134. The van der Waals surface area contributed by atoms with Crippen molar-refractivity contribution in [3.8, 4) is 34.2 Å². The Hall–Kier alpha value is -14.2. The van der Waals surface area contributed by atoms with Crippen LogP contribution in [0.5, 0.6) is 0 Å². The van der Waals surface area contributed by atoms with Crippen molar-refractivity contribution in [1.29, 1.82) is 0 Å². The predicted octanol–water partition coefficient (Wildman–Crippen LogP) is 15.5. The highest BCUT2D eigenvalue weighted by molar-refractivity contribution is 7.79. The van der Waals surface area contributed by atoms with E-state index >= 15 is 0 Å². The van der Waals surface area contributed by atoms with E-state index in [9.17, 15) is 31.9 Å². The fourth-order valence-electron chi connectivity index (χ4n) is 14.5. The summed E-state index contributed by atoms with van der Waals surface area (Å²) in [4.78, 5) is 79.5. The standard InChI is InChI=1S/C24H23FN6O2.C18H15P.C16H17FN6.C13H17FN4O2.C13H17FN2O2.C11H7ClN4/c25-18-9-11-30(24(32)33-16-17-6-2-1-3-7-17)15-20(18)29-22-14-26-12-19(28-22)21-13-27-23-8-4-5-10-31(21)23;1-4-10-16(11-5-1)19(17-12-6-2-7-13-17)18-14-8-3-9-15-18;17-11-4-5-18-7-12(11)21-15-10-19-8-13(22-15)14-9-20-16-3-1-2-6-23(14)16;14-11-6-7-18(8-12(11)16-17-15)13(19)20-9-10-4-2-1-3-5-10;14-11-6-7-16(8-12(11)15)13(17)18-9-10-4-2-1-3-5-10;12-10-7-13-5-8(15-10)9-6-14-11-3-1-2-4-16(9)11/h1-8,10,12-14,18,20H,9,11,15-16H2,(H,28,29);1-15H;1-3,6,8-12,18H,4-5,7H2,(H,21,22);1-5,11-12H,6-9H2,(H2,15,16);1-5,11-12H,6-9,15H2;1-7H/t18-,20-;;3*11-,12-;/m1.111./s1. The molecule has 9 aromatic heterocycles. The molecule has 0 radical (unpaired) electrons. The first kappa shape index (κ1) is 91.0. The number of nitrogens with one attached hydrogen (secondary N) is 3. The lowest BCUT2D eigenvalue weighted by Crippen LogP contribution is -2.51. The number of carbonyl (C=O) groups is 3. The first-order valence-corrected chi connectivity index (χ1v) is 43.7. The van der Waals surface area contributed by atoms with Gasteiger partial charge in [0.1, 0.15) is 101 Å². The number of imidazole rings is 3. The second kappa shape index (κ2) is 46.3. The molecule has 28 nitrogen and oxygen atoms in total. The van der Waals surface area contributed by atoms with Crippen LogP contribution in [0.3, 0.4) is 0 Å². The largest absolute Gasteiger partial charge is 0.445 e. The number of anilines is 2. The zero-order chi connectivity index (χ0) is 89.5. The molecule has 0 spiro atoms. The van der Waals surface area contributed by atoms with Gasteiger partial charge in [-0.3, -0.25) is 28.2 Å². The number of ether oxygens (including phenoxy) is 3. The number of halogens is 5. The smallest absolute Gasteiger partial charge is 0.410 e. The van der Waals surface area contributed by atoms with Gasteiger partial charge in [-0.15, -0.1) is 0 Å². The molecule has 4 aliphatic heterocycles. The molecule has 8 atom stereocenters. The molecule has 15 aromatic rings. The van der Waals surface area contributed by atoms with Crippen molar-refractivity contribution in [2.45, 2.75) is 94.4 Å². The van der Waals surface area contributed by atoms with Gasteiger partial charge in [-0.25, -0.2) is 61.8 Å². The molecule has 34 heteroatoms. The summed E-state index contributed by atoms with van der Waals surface area (Å²) < 4.78 is 76.9. The zero-order valence-electron chi connectivity index (χ0n) is 70.2. The van der Waals surface area contributed by atoms with Gasteiger partial charge in [0.25, 0.3) is 0 Å². The molecule has 7 N–H and O–H groups in total. The van der Waals surface area contributed by atoms with Crippen LogP contribution in [0, 0.1) is 0 Å². The Morgan fingerprint density at radius 3 is 1.20 bits per heavy atom. The lowest BCUT2D eigenvalue weighted by Gasteiger charge is -2.35. The molecular weight excluding hydrogens is 1690 g/mol. The summed E-state index contributed by atoms with van der Waals surface area (Å²) in [6.07, 6.45) is 16.4. The quantitative estimate of drug-likeness (QED) is 0.0141. The van der Waals surface area contributed by atoms with Gasteiger partial charge in [-0.2, -0.15) is 5.11 Å². The third-order valence-electron chi connectivity index (χ3n) is 21.2. The summed E-state index contributed by atoms with van der Waals surface area (Å²) in [5.41, 5.74) is 15.4. The van der Waals surface area contributed by atoms with Crippen LogP contribution < -0.4 is 43.4 Å². The number of benzene rings is 6. The van der Waals surface area contributed by atoms with Gasteiger partial charge in [-0.05, 0) is 109 Å². The minimum atomic E-state index is -1.12. The number of alkyl halides is 4. The van der Waals surface area contributed by atoms with Crippen LogP contribution in [0.2, 0.25) is 5.15 Å². The van der Waals surface area contributed by atoms with E-state index in [0.717, 1.165) is 50.7 Å². The molecule has 0 unspecified atom stereocenters. The highest BCUT2D eigenvalue weighted by Gasteiger charge is 2.35. The zero-order valence-corrected chi connectivity index (χ0v) is 71.9. The number of hydrogen-bond donors (Lipinski definition) is 5. The maximum atomic E-state index is 14.7. The summed E-state index contributed by atoms with van der Waals surface area (Å²) in [5.74, 6) is 5.94. The summed E-state index contributed by atoms with van der Waals surface area (Å²) >= 11 is 5.81. The molecule has 129 heavy (non-hydrogen) atoms. The average Bonchev–Trinajstić information content (AvgIpc) is 1.63. The maximum Gasteiger partial charge on any atom is 0.410 e. The first-order chi connectivity index (χ1) is 63.1. The van der Waals surface area contributed by atoms with Gasteiger partial charge in [0, 0.05) is 57.9 Å². The number of aromatic nitrogens is 12. The second-order valence-corrected chi connectivity index (χ2v) is 32.8.